The van der Waals surface area contributed by atoms with Crippen LogP contribution in [0.2, 0.25) is 0 Å². The first-order chi connectivity index (χ1) is 19.4. The molecular weight excluding hydrogens is 507 g/mol. The first-order valence-electron chi connectivity index (χ1n) is 13.2. The van der Waals surface area contributed by atoms with Crippen LogP contribution in [0.4, 0.5) is 0 Å². The first kappa shape index (κ1) is 25.1. The summed E-state index contributed by atoms with van der Waals surface area (Å²) in [5.41, 5.74) is 0. The van der Waals surface area contributed by atoms with Gasteiger partial charge in [0.1, 0.15) is 5.75 Å². The van der Waals surface area contributed by atoms with Gasteiger partial charge in [0.15, 0.2) is 16.2 Å². The molecule has 0 radical (unpaired) electrons. The van der Waals surface area contributed by atoms with Gasteiger partial charge < -0.3 is 4.52 Å². The van der Waals surface area contributed by atoms with Crippen LogP contribution in [0.15, 0.2) is 176 Å². The summed E-state index contributed by atoms with van der Waals surface area (Å²) in [5.74, 6) is 0.884. The van der Waals surface area contributed by atoms with Crippen LogP contribution >= 0.6 is 8.15 Å². The van der Waals surface area contributed by atoms with E-state index in [2.05, 4.69) is 176 Å². The molecule has 0 saturated carbocycles. The van der Waals surface area contributed by atoms with Crippen molar-refractivity contribution in [2.24, 2.45) is 0 Å². The van der Waals surface area contributed by atoms with Crippen molar-refractivity contribution in [1.82, 2.24) is 0 Å². The van der Waals surface area contributed by atoms with Gasteiger partial charge in [0.25, 0.3) is 0 Å². The van der Waals surface area contributed by atoms with Crippen molar-refractivity contribution in [1.29, 1.82) is 0 Å². The van der Waals surface area contributed by atoms with Crippen LogP contribution in [-0.2, 0) is 0 Å². The SMILES string of the molecule is c1ccc(P(Oc2ccc([Si](c3ccccc3)(c3ccccc3)c3ccccc3)cc2)c2ccccc2)cc1. The zero-order valence-corrected chi connectivity index (χ0v) is 23.5. The van der Waals surface area contributed by atoms with Gasteiger partial charge in [0.2, 0.25) is 0 Å². The molecular formula is C36H29OPSi. The second kappa shape index (κ2) is 11.7. The second-order valence-corrected chi connectivity index (χ2v) is 15.0. The highest BCUT2D eigenvalue weighted by Crippen LogP contribution is 2.36. The summed E-state index contributed by atoms with van der Waals surface area (Å²) < 4.78 is 6.75. The van der Waals surface area contributed by atoms with E-state index in [0.717, 1.165) is 5.75 Å². The fraction of sp³-hybridized carbons (Fsp3) is 0. The molecule has 3 heteroatoms. The molecule has 0 amide bonds. The summed E-state index contributed by atoms with van der Waals surface area (Å²) in [6.07, 6.45) is 0. The second-order valence-electron chi connectivity index (χ2n) is 9.43. The Balaban J connectivity index is 1.47. The fourth-order valence-corrected chi connectivity index (χ4v) is 11.8. The first-order valence-corrected chi connectivity index (χ1v) is 16.5. The summed E-state index contributed by atoms with van der Waals surface area (Å²) in [5, 5.41) is 7.83. The van der Waals surface area contributed by atoms with Crippen molar-refractivity contribution >= 4 is 47.6 Å². The maximum atomic E-state index is 6.75. The molecule has 1 nitrogen and oxygen atoms in total. The lowest BCUT2D eigenvalue weighted by molar-refractivity contribution is 0.630. The van der Waals surface area contributed by atoms with E-state index in [0.29, 0.717) is 0 Å². The molecule has 0 N–H and O–H groups in total. The molecule has 188 valence electrons. The molecule has 0 fully saturated rings. The molecule has 6 aromatic carbocycles. The van der Waals surface area contributed by atoms with Gasteiger partial charge in [-0.2, -0.15) is 0 Å². The zero-order chi connectivity index (χ0) is 26.3. The molecule has 0 aromatic heterocycles. The summed E-state index contributed by atoms with van der Waals surface area (Å²) in [6.45, 7) is 0. The van der Waals surface area contributed by atoms with E-state index in [-0.39, 0.29) is 0 Å². The molecule has 0 atom stereocenters. The van der Waals surface area contributed by atoms with Crippen LogP contribution in [0.5, 0.6) is 5.75 Å². The predicted molar refractivity (Wildman–Crippen MR) is 170 cm³/mol. The van der Waals surface area contributed by atoms with Gasteiger partial charge in [0, 0.05) is 10.6 Å². The minimum Gasteiger partial charge on any atom is -0.464 e. The predicted octanol–water partition coefficient (Wildman–Crippen LogP) is 5.49. The Morgan fingerprint density at radius 1 is 0.333 bits per heavy atom. The van der Waals surface area contributed by atoms with Gasteiger partial charge in [0.05, 0.1) is 0 Å². The van der Waals surface area contributed by atoms with E-state index in [1.807, 2.05) is 0 Å². The summed E-state index contributed by atoms with van der Waals surface area (Å²) in [6, 6.07) is 63.0. The molecule has 0 saturated heterocycles. The maximum Gasteiger partial charge on any atom is 0.179 e. The van der Waals surface area contributed by atoms with Crippen molar-refractivity contribution in [2.75, 3.05) is 0 Å². The van der Waals surface area contributed by atoms with Crippen molar-refractivity contribution < 1.29 is 4.52 Å². The average Bonchev–Trinajstić information content (AvgIpc) is 3.03. The average molecular weight is 537 g/mol. The van der Waals surface area contributed by atoms with Crippen LogP contribution in [-0.4, -0.2) is 8.07 Å². The van der Waals surface area contributed by atoms with E-state index < -0.39 is 16.2 Å². The zero-order valence-electron chi connectivity index (χ0n) is 21.6. The van der Waals surface area contributed by atoms with E-state index in [1.165, 1.54) is 31.4 Å². The highest BCUT2D eigenvalue weighted by atomic mass is 31.1. The smallest absolute Gasteiger partial charge is 0.179 e. The molecule has 0 spiro atoms. The minimum atomic E-state index is -2.54. The monoisotopic (exact) mass is 536 g/mol. The molecule has 6 rings (SSSR count). The maximum absolute atomic E-state index is 6.75. The van der Waals surface area contributed by atoms with Gasteiger partial charge in [-0.3, -0.25) is 0 Å². The van der Waals surface area contributed by atoms with Gasteiger partial charge in [-0.05, 0) is 32.9 Å². The van der Waals surface area contributed by atoms with Crippen molar-refractivity contribution in [3.8, 4) is 5.75 Å². The quantitative estimate of drug-likeness (QED) is 0.142. The molecule has 0 unspecified atom stereocenters. The van der Waals surface area contributed by atoms with Crippen molar-refractivity contribution in [3.63, 3.8) is 0 Å². The third-order valence-electron chi connectivity index (χ3n) is 7.09. The Morgan fingerprint density at radius 3 is 1.00 bits per heavy atom. The summed E-state index contributed by atoms with van der Waals surface area (Å²) >= 11 is 0. The van der Waals surface area contributed by atoms with E-state index in [4.69, 9.17) is 4.52 Å². The molecule has 0 aliphatic carbocycles. The molecule has 6 aromatic rings. The number of hydrogen-bond acceptors (Lipinski definition) is 1. The minimum absolute atomic E-state index is 0.884. The standard InChI is InChI=1S/C36H29OPSi/c1-6-16-31(17-7-1)38(32-18-8-2-9-19-32)37-30-26-28-36(29-27-30)39(33-20-10-3-11-21-33,34-22-12-4-13-23-34)35-24-14-5-15-25-35/h1-29H. The van der Waals surface area contributed by atoms with E-state index >= 15 is 0 Å². The lowest BCUT2D eigenvalue weighted by Gasteiger charge is -2.34. The molecule has 0 aliphatic heterocycles. The Hall–Kier alpha value is -4.23. The molecule has 0 heterocycles. The van der Waals surface area contributed by atoms with Crippen LogP contribution < -0.4 is 35.9 Å². The topological polar surface area (TPSA) is 9.23 Å². The number of rotatable bonds is 8. The molecule has 0 aliphatic rings. The van der Waals surface area contributed by atoms with E-state index in [1.54, 1.807) is 0 Å². The van der Waals surface area contributed by atoms with Crippen LogP contribution in [0.3, 0.4) is 0 Å². The lowest BCUT2D eigenvalue weighted by Crippen LogP contribution is -2.74. The van der Waals surface area contributed by atoms with Crippen molar-refractivity contribution in [3.05, 3.63) is 176 Å². The highest BCUT2D eigenvalue weighted by molar-refractivity contribution is 7.68. The molecule has 39 heavy (non-hydrogen) atoms. The largest absolute Gasteiger partial charge is 0.464 e. The Labute approximate surface area is 233 Å². The normalized spacial score (nSPS) is 11.3. The van der Waals surface area contributed by atoms with Crippen LogP contribution in [0.25, 0.3) is 0 Å². The van der Waals surface area contributed by atoms with Crippen LogP contribution in [0.1, 0.15) is 0 Å². The Kier molecular flexibility index (Phi) is 7.49. The number of benzene rings is 6. The van der Waals surface area contributed by atoms with Gasteiger partial charge in [-0.1, -0.05) is 164 Å². The van der Waals surface area contributed by atoms with Gasteiger partial charge in [-0.15, -0.1) is 0 Å². The van der Waals surface area contributed by atoms with Gasteiger partial charge >= 0.3 is 0 Å². The van der Waals surface area contributed by atoms with Gasteiger partial charge in [-0.25, -0.2) is 0 Å². The fourth-order valence-electron chi connectivity index (χ4n) is 5.32. The van der Waals surface area contributed by atoms with Crippen molar-refractivity contribution in [2.45, 2.75) is 0 Å². The Bertz CT molecular complexity index is 1460. The number of hydrogen-bond donors (Lipinski definition) is 0. The lowest BCUT2D eigenvalue weighted by atomic mass is 10.3. The Morgan fingerprint density at radius 2 is 0.641 bits per heavy atom. The molecule has 0 bridgehead atoms. The van der Waals surface area contributed by atoms with Crippen LogP contribution in [0, 0.1) is 0 Å². The summed E-state index contributed by atoms with van der Waals surface area (Å²) in [4.78, 5) is 0. The van der Waals surface area contributed by atoms with E-state index in [9.17, 15) is 0 Å². The highest BCUT2D eigenvalue weighted by Gasteiger charge is 2.41. The third-order valence-corrected chi connectivity index (χ3v) is 13.8. The summed E-state index contributed by atoms with van der Waals surface area (Å²) in [7, 11) is -3.53. The third kappa shape index (κ3) is 5.10.